The maximum atomic E-state index is 14.3. The van der Waals surface area contributed by atoms with Crippen LogP contribution < -0.4 is 16.6 Å². The third-order valence-electron chi connectivity index (χ3n) is 7.08. The van der Waals surface area contributed by atoms with E-state index in [4.69, 9.17) is 5.73 Å². The zero-order valence-electron chi connectivity index (χ0n) is 23.7. The summed E-state index contributed by atoms with van der Waals surface area (Å²) < 4.78 is 27.9. The molecule has 4 aromatic heterocycles. The number of hydrogen-bond acceptors (Lipinski definition) is 8. The molecular formula is C31H26N8O4S. The van der Waals surface area contributed by atoms with Gasteiger partial charge in [-0.1, -0.05) is 42.2 Å². The van der Waals surface area contributed by atoms with Gasteiger partial charge >= 0.3 is 0 Å². The average Bonchev–Trinajstić information content (AvgIpc) is 3.64. The number of amides is 1. The fourth-order valence-corrected chi connectivity index (χ4v) is 5.61. The van der Waals surface area contributed by atoms with Crippen molar-refractivity contribution in [2.75, 3.05) is 5.88 Å². The molecule has 12 nitrogen and oxygen atoms in total. The molecule has 0 unspecified atom stereocenters. The molecular weight excluding hydrogens is 580 g/mol. The van der Waals surface area contributed by atoms with E-state index < -0.39 is 21.9 Å². The molecule has 4 heterocycles. The van der Waals surface area contributed by atoms with E-state index in [1.165, 1.54) is 12.4 Å². The van der Waals surface area contributed by atoms with Crippen molar-refractivity contribution >= 4 is 32.4 Å². The number of para-hydroxylation sites is 1. The number of carbonyl (C=O) groups excluding carboxylic acids is 1. The van der Waals surface area contributed by atoms with E-state index in [-0.39, 0.29) is 11.5 Å². The number of benzene rings is 2. The molecule has 1 atom stereocenters. The molecule has 220 valence electrons. The van der Waals surface area contributed by atoms with Crippen LogP contribution in [0.15, 0.2) is 90.2 Å². The van der Waals surface area contributed by atoms with Crippen LogP contribution in [0.5, 0.6) is 0 Å². The third kappa shape index (κ3) is 5.13. The van der Waals surface area contributed by atoms with Crippen LogP contribution in [-0.4, -0.2) is 48.6 Å². The number of hydrogen-bond donors (Lipinski definition) is 2. The Morgan fingerprint density at radius 3 is 2.66 bits per heavy atom. The molecule has 0 saturated carbocycles. The molecule has 13 heteroatoms. The molecule has 0 aliphatic rings. The number of aryl methyl sites for hydroxylation is 1. The highest BCUT2D eigenvalue weighted by Crippen LogP contribution is 2.24. The summed E-state index contributed by atoms with van der Waals surface area (Å²) in [6.07, 6.45) is 5.91. The Morgan fingerprint density at radius 1 is 1.09 bits per heavy atom. The Labute approximate surface area is 251 Å². The third-order valence-corrected chi connectivity index (χ3v) is 8.27. The lowest BCUT2D eigenvalue weighted by Gasteiger charge is -2.21. The first-order valence-corrected chi connectivity index (χ1v) is 15.1. The molecule has 0 saturated heterocycles. The van der Waals surface area contributed by atoms with E-state index in [2.05, 4.69) is 32.3 Å². The maximum Gasteiger partial charge on any atom is 0.266 e. The van der Waals surface area contributed by atoms with Crippen molar-refractivity contribution in [2.24, 2.45) is 5.73 Å². The molecule has 1 amide bonds. The van der Waals surface area contributed by atoms with Crippen LogP contribution in [0.3, 0.4) is 0 Å². The summed E-state index contributed by atoms with van der Waals surface area (Å²) in [5.74, 6) is 4.93. The van der Waals surface area contributed by atoms with Gasteiger partial charge in [0.25, 0.3) is 21.5 Å². The van der Waals surface area contributed by atoms with E-state index in [0.717, 1.165) is 4.09 Å². The van der Waals surface area contributed by atoms with Crippen LogP contribution in [0, 0.1) is 18.8 Å². The van der Waals surface area contributed by atoms with Crippen LogP contribution in [0.2, 0.25) is 0 Å². The van der Waals surface area contributed by atoms with Crippen LogP contribution >= 0.6 is 0 Å². The highest BCUT2D eigenvalue weighted by molar-refractivity contribution is 7.89. The number of pyridine rings is 1. The van der Waals surface area contributed by atoms with Crippen molar-refractivity contribution in [3.05, 3.63) is 124 Å². The number of rotatable bonds is 6. The second kappa shape index (κ2) is 11.3. The minimum atomic E-state index is -3.76. The first kappa shape index (κ1) is 28.5. The lowest BCUT2D eigenvalue weighted by atomic mass is 10.0. The molecule has 0 fully saturated rings. The summed E-state index contributed by atoms with van der Waals surface area (Å²) in [6.45, 7) is 3.55. The lowest BCUT2D eigenvalue weighted by molar-refractivity contribution is 0.0939. The van der Waals surface area contributed by atoms with Crippen molar-refractivity contribution in [3.8, 4) is 17.5 Å². The van der Waals surface area contributed by atoms with Gasteiger partial charge in [-0.15, -0.1) is 0 Å². The largest absolute Gasteiger partial charge is 0.344 e. The molecule has 0 radical (unpaired) electrons. The van der Waals surface area contributed by atoms with Gasteiger partial charge in [0.2, 0.25) is 0 Å². The van der Waals surface area contributed by atoms with Crippen LogP contribution in [0.25, 0.3) is 22.1 Å². The van der Waals surface area contributed by atoms with Crippen LogP contribution in [0.1, 0.15) is 45.8 Å². The number of fused-ring (bicyclic) bond motifs is 2. The Bertz CT molecular complexity index is 2290. The van der Waals surface area contributed by atoms with Crippen molar-refractivity contribution < 1.29 is 13.2 Å². The van der Waals surface area contributed by atoms with Crippen molar-refractivity contribution in [1.82, 2.24) is 33.7 Å². The predicted octanol–water partition coefficient (Wildman–Crippen LogP) is 2.52. The fourth-order valence-electron chi connectivity index (χ4n) is 4.99. The van der Waals surface area contributed by atoms with Gasteiger partial charge in [-0.25, -0.2) is 17.9 Å². The molecule has 0 spiro atoms. The quantitative estimate of drug-likeness (QED) is 0.274. The Morgan fingerprint density at radius 2 is 1.89 bits per heavy atom. The van der Waals surface area contributed by atoms with Crippen LogP contribution in [0.4, 0.5) is 0 Å². The first-order chi connectivity index (χ1) is 21.2. The van der Waals surface area contributed by atoms with Crippen molar-refractivity contribution in [3.63, 3.8) is 0 Å². The second-order valence-corrected chi connectivity index (χ2v) is 11.9. The predicted molar refractivity (Wildman–Crippen MR) is 165 cm³/mol. The zero-order valence-corrected chi connectivity index (χ0v) is 24.5. The molecule has 0 aliphatic carbocycles. The molecule has 6 rings (SSSR count). The zero-order chi connectivity index (χ0) is 31.0. The summed E-state index contributed by atoms with van der Waals surface area (Å²) in [4.78, 5) is 32.1. The van der Waals surface area contributed by atoms with Gasteiger partial charge < -0.3 is 11.1 Å². The minimum absolute atomic E-state index is 0.329. The molecule has 44 heavy (non-hydrogen) atoms. The maximum absolute atomic E-state index is 14.3. The molecule has 6 aromatic rings. The molecule has 0 aliphatic heterocycles. The van der Waals surface area contributed by atoms with Crippen LogP contribution in [-0.2, 0) is 10.0 Å². The number of nitrogens with two attached hydrogens (primary N) is 1. The van der Waals surface area contributed by atoms with E-state index in [9.17, 15) is 18.0 Å². The summed E-state index contributed by atoms with van der Waals surface area (Å²) in [7, 11) is -3.76. The SMILES string of the molecule is Cc1nn2cccnc2c1C(=O)N[C@@H](C)c1cc2cccc(C#Cc3cnn(S(=O)(=O)CN)c3)c2c(=O)n1-c1ccccc1. The van der Waals surface area contributed by atoms with E-state index in [1.54, 1.807) is 52.7 Å². The highest BCUT2D eigenvalue weighted by atomic mass is 32.2. The first-order valence-electron chi connectivity index (χ1n) is 13.5. The van der Waals surface area contributed by atoms with Gasteiger partial charge in [-0.3, -0.25) is 14.2 Å². The number of nitrogens with zero attached hydrogens (tertiary/aromatic N) is 6. The number of aromatic nitrogens is 6. The normalized spacial score (nSPS) is 12.2. The summed E-state index contributed by atoms with van der Waals surface area (Å²) in [5, 5.41) is 12.2. The van der Waals surface area contributed by atoms with Gasteiger partial charge in [0, 0.05) is 29.3 Å². The van der Waals surface area contributed by atoms with Crippen molar-refractivity contribution in [1.29, 1.82) is 0 Å². The van der Waals surface area contributed by atoms with Crippen molar-refractivity contribution in [2.45, 2.75) is 19.9 Å². The monoisotopic (exact) mass is 606 g/mol. The average molecular weight is 607 g/mol. The Kier molecular flexibility index (Phi) is 7.30. The van der Waals surface area contributed by atoms with E-state index >= 15 is 0 Å². The number of carbonyl (C=O) groups is 1. The summed E-state index contributed by atoms with van der Waals surface area (Å²) in [5.41, 5.74) is 8.26. The van der Waals surface area contributed by atoms with E-state index in [0.29, 0.717) is 50.2 Å². The molecule has 3 N–H and O–H groups in total. The summed E-state index contributed by atoms with van der Waals surface area (Å²) >= 11 is 0. The number of nitrogens with one attached hydrogen (secondary N) is 1. The topological polar surface area (TPSA) is 159 Å². The standard InChI is InChI=1S/C31H26N8O4S/c1-20(35-30(40)27-21(2)36-37-15-7-14-33-29(27)37)26-16-24-9-6-8-23(13-12-22-17-34-38(18-22)44(42,43)19-32)28(24)31(41)39(26)25-10-4-3-5-11-25/h3-11,14-18,20H,19,32H2,1-2H3,(H,35,40)/t20-/m0/s1. The Balaban J connectivity index is 1.45. The van der Waals surface area contributed by atoms with Gasteiger partial charge in [-0.2, -0.15) is 14.3 Å². The Hall–Kier alpha value is -5.58. The van der Waals surface area contributed by atoms with Gasteiger partial charge in [0.05, 0.1) is 35.1 Å². The fraction of sp³-hybridized carbons (Fsp3) is 0.129. The highest BCUT2D eigenvalue weighted by Gasteiger charge is 2.23. The second-order valence-electron chi connectivity index (χ2n) is 9.99. The minimum Gasteiger partial charge on any atom is -0.344 e. The molecule has 0 bridgehead atoms. The lowest BCUT2D eigenvalue weighted by Crippen LogP contribution is -2.32. The van der Waals surface area contributed by atoms with Gasteiger partial charge in [0.1, 0.15) is 11.4 Å². The summed E-state index contributed by atoms with van der Waals surface area (Å²) in [6, 6.07) is 17.4. The van der Waals surface area contributed by atoms with Gasteiger partial charge in [0.15, 0.2) is 5.65 Å². The smallest absolute Gasteiger partial charge is 0.266 e. The van der Waals surface area contributed by atoms with Gasteiger partial charge in [-0.05, 0) is 49.6 Å². The molecule has 2 aromatic carbocycles. The van der Waals surface area contributed by atoms with E-state index in [1.807, 2.05) is 43.3 Å².